The van der Waals surface area contributed by atoms with E-state index in [2.05, 4.69) is 5.32 Å². The van der Waals surface area contributed by atoms with Gasteiger partial charge in [-0.25, -0.2) is 4.79 Å². The molecule has 2 N–H and O–H groups in total. The Labute approximate surface area is 108 Å². The molecule has 2 atom stereocenters. The molecule has 0 bridgehead atoms. The highest BCUT2D eigenvalue weighted by Crippen LogP contribution is 2.25. The van der Waals surface area contributed by atoms with Crippen LogP contribution in [0, 0.1) is 0 Å². The second-order valence-corrected chi connectivity index (χ2v) is 4.32. The molecule has 1 saturated heterocycles. The molecule has 1 aliphatic rings. The highest BCUT2D eigenvalue weighted by atomic mass is 19.4. The molecular formula is C13H13F3N2O. The van der Waals surface area contributed by atoms with E-state index in [1.807, 2.05) is 35.6 Å². The Bertz CT molecular complexity index is 471. The van der Waals surface area contributed by atoms with Crippen LogP contribution in [0.5, 0.6) is 0 Å². The van der Waals surface area contributed by atoms with E-state index in [9.17, 15) is 18.0 Å². The summed E-state index contributed by atoms with van der Waals surface area (Å²) in [6.07, 6.45) is -1.36. The summed E-state index contributed by atoms with van der Waals surface area (Å²) in [4.78, 5) is 11.2. The van der Waals surface area contributed by atoms with Gasteiger partial charge in [0.2, 0.25) is 0 Å². The van der Waals surface area contributed by atoms with Crippen molar-refractivity contribution in [1.29, 1.82) is 0 Å². The van der Waals surface area contributed by atoms with Crippen LogP contribution in [0.2, 0.25) is 0 Å². The van der Waals surface area contributed by atoms with Gasteiger partial charge in [0.05, 0.1) is 6.04 Å². The van der Waals surface area contributed by atoms with Crippen LogP contribution in [-0.2, 0) is 0 Å². The van der Waals surface area contributed by atoms with Crippen LogP contribution in [0.1, 0.15) is 12.0 Å². The first-order chi connectivity index (χ1) is 8.95. The molecule has 0 saturated carbocycles. The smallest absolute Gasteiger partial charge is 0.332 e. The normalized spacial score (nSPS) is 24.1. The minimum Gasteiger partial charge on any atom is -0.332 e. The summed E-state index contributed by atoms with van der Waals surface area (Å²) in [6.45, 7) is 0. The first-order valence-corrected chi connectivity index (χ1v) is 5.82. The molecule has 1 heterocycles. The van der Waals surface area contributed by atoms with Gasteiger partial charge < -0.3 is 10.6 Å². The molecule has 2 rings (SSSR count). The van der Waals surface area contributed by atoms with Crippen LogP contribution < -0.4 is 10.6 Å². The van der Waals surface area contributed by atoms with E-state index in [0.717, 1.165) is 5.56 Å². The van der Waals surface area contributed by atoms with Crippen molar-refractivity contribution >= 4 is 12.1 Å². The van der Waals surface area contributed by atoms with Gasteiger partial charge in [-0.1, -0.05) is 42.5 Å². The number of urea groups is 1. The Kier molecular flexibility index (Phi) is 3.78. The fourth-order valence-corrected chi connectivity index (χ4v) is 1.87. The van der Waals surface area contributed by atoms with E-state index in [4.69, 9.17) is 0 Å². The molecule has 1 aliphatic heterocycles. The Balaban J connectivity index is 2.04. The number of hydrogen-bond acceptors (Lipinski definition) is 1. The number of nitrogens with one attached hydrogen (secondary N) is 2. The number of benzene rings is 1. The van der Waals surface area contributed by atoms with Gasteiger partial charge >= 0.3 is 12.2 Å². The zero-order valence-corrected chi connectivity index (χ0v) is 9.95. The summed E-state index contributed by atoms with van der Waals surface area (Å²) in [6, 6.07) is 5.96. The maximum Gasteiger partial charge on any atom is 0.408 e. The van der Waals surface area contributed by atoms with Gasteiger partial charge in [0.1, 0.15) is 6.04 Å². The van der Waals surface area contributed by atoms with Crippen molar-refractivity contribution in [2.24, 2.45) is 0 Å². The maximum absolute atomic E-state index is 12.6. The monoisotopic (exact) mass is 270 g/mol. The third kappa shape index (κ3) is 3.74. The molecule has 0 spiro atoms. The number of carbonyl (C=O) groups is 1. The Morgan fingerprint density at radius 2 is 1.84 bits per heavy atom. The fraction of sp³-hybridized carbons (Fsp3) is 0.308. The van der Waals surface area contributed by atoms with Gasteiger partial charge in [0.15, 0.2) is 0 Å². The van der Waals surface area contributed by atoms with Crippen LogP contribution in [-0.4, -0.2) is 24.3 Å². The van der Waals surface area contributed by atoms with Gasteiger partial charge in [-0.3, -0.25) is 0 Å². The first kappa shape index (κ1) is 13.5. The van der Waals surface area contributed by atoms with Crippen LogP contribution in [0.3, 0.4) is 0 Å². The van der Waals surface area contributed by atoms with E-state index in [-0.39, 0.29) is 6.42 Å². The Morgan fingerprint density at radius 1 is 1.16 bits per heavy atom. The van der Waals surface area contributed by atoms with Gasteiger partial charge in [-0.15, -0.1) is 0 Å². The number of halogens is 3. The molecule has 3 nitrogen and oxygen atoms in total. The molecule has 6 heteroatoms. The lowest BCUT2D eigenvalue weighted by molar-refractivity contribution is -0.157. The molecule has 2 amide bonds. The molecule has 102 valence electrons. The summed E-state index contributed by atoms with van der Waals surface area (Å²) in [5.74, 6) is 0. The zero-order chi connectivity index (χ0) is 13.9. The van der Waals surface area contributed by atoms with Gasteiger partial charge in [-0.2, -0.15) is 13.2 Å². The zero-order valence-electron chi connectivity index (χ0n) is 9.95. The topological polar surface area (TPSA) is 41.1 Å². The van der Waals surface area contributed by atoms with E-state index in [1.54, 1.807) is 12.2 Å². The highest BCUT2D eigenvalue weighted by Gasteiger charge is 2.44. The molecule has 19 heavy (non-hydrogen) atoms. The van der Waals surface area contributed by atoms with Crippen molar-refractivity contribution in [3.8, 4) is 0 Å². The summed E-state index contributed by atoms with van der Waals surface area (Å²) < 4.78 is 37.8. The largest absolute Gasteiger partial charge is 0.408 e. The van der Waals surface area contributed by atoms with Crippen LogP contribution >= 0.6 is 0 Å². The average molecular weight is 270 g/mol. The first-order valence-electron chi connectivity index (χ1n) is 5.82. The van der Waals surface area contributed by atoms with Crippen LogP contribution in [0.15, 0.2) is 36.4 Å². The molecule has 2 unspecified atom stereocenters. The van der Waals surface area contributed by atoms with Crippen molar-refractivity contribution in [3.05, 3.63) is 42.0 Å². The standard InChI is InChI=1S/C13H13F3N2O/c14-13(15,16)11-8-10(17-12(19)18-11)7-6-9-4-2-1-3-5-9/h1-7,10-11H,8H2,(H2,17,18,19)/b7-6+. The molecule has 1 aromatic rings. The maximum atomic E-state index is 12.6. The van der Waals surface area contributed by atoms with Gasteiger partial charge in [-0.05, 0) is 5.56 Å². The summed E-state index contributed by atoms with van der Waals surface area (Å²) >= 11 is 0. The van der Waals surface area contributed by atoms with Crippen molar-refractivity contribution < 1.29 is 18.0 Å². The second kappa shape index (κ2) is 5.34. The average Bonchev–Trinajstić information content (AvgIpc) is 2.36. The predicted molar refractivity (Wildman–Crippen MR) is 65.4 cm³/mol. The minimum atomic E-state index is -4.42. The molecule has 1 fully saturated rings. The van der Waals surface area contributed by atoms with Gasteiger partial charge in [0, 0.05) is 6.42 Å². The van der Waals surface area contributed by atoms with E-state index < -0.39 is 24.3 Å². The number of alkyl halides is 3. The predicted octanol–water partition coefficient (Wildman–Crippen LogP) is 2.70. The fourth-order valence-electron chi connectivity index (χ4n) is 1.87. The highest BCUT2D eigenvalue weighted by molar-refractivity contribution is 5.76. The lowest BCUT2D eigenvalue weighted by Gasteiger charge is -2.30. The third-order valence-electron chi connectivity index (χ3n) is 2.83. The quantitative estimate of drug-likeness (QED) is 0.852. The van der Waals surface area contributed by atoms with Crippen molar-refractivity contribution in [1.82, 2.24) is 10.6 Å². The lowest BCUT2D eigenvalue weighted by Crippen LogP contribution is -2.58. The molecular weight excluding hydrogens is 257 g/mol. The number of amides is 2. The van der Waals surface area contributed by atoms with Crippen molar-refractivity contribution in [2.45, 2.75) is 24.7 Å². The Morgan fingerprint density at radius 3 is 2.47 bits per heavy atom. The summed E-state index contributed by atoms with van der Waals surface area (Å²) in [5, 5.41) is 4.33. The number of rotatable bonds is 2. The number of carbonyl (C=O) groups excluding carboxylic acids is 1. The summed E-state index contributed by atoms with van der Waals surface area (Å²) in [7, 11) is 0. The second-order valence-electron chi connectivity index (χ2n) is 4.32. The SMILES string of the molecule is O=C1NC(/C=C/c2ccccc2)CC(C(F)(F)F)N1. The van der Waals surface area contributed by atoms with Crippen molar-refractivity contribution in [2.75, 3.05) is 0 Å². The minimum absolute atomic E-state index is 0.210. The molecule has 0 aromatic heterocycles. The lowest BCUT2D eigenvalue weighted by atomic mass is 10.0. The summed E-state index contributed by atoms with van der Waals surface area (Å²) in [5.41, 5.74) is 0.874. The van der Waals surface area contributed by atoms with E-state index >= 15 is 0 Å². The van der Waals surface area contributed by atoms with Crippen LogP contribution in [0.25, 0.3) is 6.08 Å². The van der Waals surface area contributed by atoms with E-state index in [1.165, 1.54) is 0 Å². The van der Waals surface area contributed by atoms with Crippen molar-refractivity contribution in [3.63, 3.8) is 0 Å². The van der Waals surface area contributed by atoms with Gasteiger partial charge in [0.25, 0.3) is 0 Å². The van der Waals surface area contributed by atoms with E-state index in [0.29, 0.717) is 0 Å². The van der Waals surface area contributed by atoms with Crippen LogP contribution in [0.4, 0.5) is 18.0 Å². The third-order valence-corrected chi connectivity index (χ3v) is 2.83. The molecule has 1 aromatic carbocycles. The molecule has 0 radical (unpaired) electrons. The Hall–Kier alpha value is -1.98. The number of hydrogen-bond donors (Lipinski definition) is 2. The molecule has 0 aliphatic carbocycles.